The largest absolute Gasteiger partial charge is 0.360 e. The highest BCUT2D eigenvalue weighted by molar-refractivity contribution is 5.98. The molecule has 1 unspecified atom stereocenters. The number of aromatic amines is 1. The van der Waals surface area contributed by atoms with Gasteiger partial charge in [-0.25, -0.2) is 5.10 Å². The molecule has 4 aromatic rings. The molecule has 1 saturated heterocycles. The number of carbonyl (C=O) groups is 1. The average Bonchev–Trinajstić information content (AvgIpc) is 3.54. The number of carbonyl (C=O) groups excluding carboxylic acids is 1. The van der Waals surface area contributed by atoms with Crippen molar-refractivity contribution in [2.24, 2.45) is 0 Å². The number of nitrogens with one attached hydrogen (secondary N) is 2. The van der Waals surface area contributed by atoms with E-state index in [0.29, 0.717) is 13.0 Å². The molecule has 0 bridgehead atoms. The van der Waals surface area contributed by atoms with Gasteiger partial charge in [-0.3, -0.25) is 15.0 Å². The number of rotatable bonds is 10. The molecule has 9 heteroatoms. The van der Waals surface area contributed by atoms with Crippen molar-refractivity contribution >= 4 is 17.9 Å². The highest BCUT2D eigenvalue weighted by Crippen LogP contribution is 2.38. The van der Waals surface area contributed by atoms with Crippen LogP contribution in [0.2, 0.25) is 0 Å². The maximum atomic E-state index is 13.6. The van der Waals surface area contributed by atoms with Gasteiger partial charge in [0, 0.05) is 51.3 Å². The Hall–Kier alpha value is -4.18. The van der Waals surface area contributed by atoms with Gasteiger partial charge in [0.15, 0.2) is 5.60 Å². The van der Waals surface area contributed by atoms with E-state index in [9.17, 15) is 4.79 Å². The van der Waals surface area contributed by atoms with E-state index < -0.39 is 5.60 Å². The van der Waals surface area contributed by atoms with Crippen molar-refractivity contribution in [1.29, 1.82) is 0 Å². The highest BCUT2D eigenvalue weighted by Gasteiger charge is 2.43. The summed E-state index contributed by atoms with van der Waals surface area (Å²) in [5.41, 5.74) is 3.34. The number of hydrogen-bond donors (Lipinski definition) is 2. The first-order chi connectivity index (χ1) is 20.2. The van der Waals surface area contributed by atoms with Crippen LogP contribution >= 0.6 is 0 Å². The van der Waals surface area contributed by atoms with E-state index >= 15 is 0 Å². The van der Waals surface area contributed by atoms with Gasteiger partial charge in [0.2, 0.25) is 5.95 Å². The fraction of sp³-hybridized carbons (Fsp3) is 0.312. The molecule has 1 amide bonds. The predicted octanol–water partition coefficient (Wildman–Crippen LogP) is 4.26. The minimum atomic E-state index is -1.14. The van der Waals surface area contributed by atoms with Gasteiger partial charge >= 0.3 is 0 Å². The summed E-state index contributed by atoms with van der Waals surface area (Å²) in [5.74, 6) is -0.0819. The van der Waals surface area contributed by atoms with Gasteiger partial charge in [-0.2, -0.15) is 0 Å². The normalized spacial score (nSPS) is 19.2. The number of amides is 1. The Labute approximate surface area is 240 Å². The minimum absolute atomic E-state index is 0.201. The van der Waals surface area contributed by atoms with E-state index in [1.54, 1.807) is 0 Å². The summed E-state index contributed by atoms with van der Waals surface area (Å²) in [7, 11) is 0. The van der Waals surface area contributed by atoms with E-state index in [2.05, 4.69) is 96.4 Å². The standard InChI is InChI=1S/C32H35N7O2/c40-30(33-31-34-36-37-35-31)32(18-9-16-25-11-7-8-17-28(25)32)41-24-10-19-38-20-22-39(23-21-38)29(26-12-3-1-4-13-26)27-14-5-2-6-15-27/h1-9,11-17,29H,10,18-24H2,(H2,33,34,35,36,37,40). The van der Waals surface area contributed by atoms with Gasteiger partial charge in [0.1, 0.15) is 0 Å². The van der Waals surface area contributed by atoms with Crippen LogP contribution in [0.25, 0.3) is 6.08 Å². The van der Waals surface area contributed by atoms with Gasteiger partial charge < -0.3 is 9.64 Å². The zero-order valence-corrected chi connectivity index (χ0v) is 23.0. The van der Waals surface area contributed by atoms with E-state index in [0.717, 1.165) is 50.3 Å². The number of hydrogen-bond acceptors (Lipinski definition) is 7. The number of fused-ring (bicyclic) bond motifs is 1. The summed E-state index contributed by atoms with van der Waals surface area (Å²) in [4.78, 5) is 18.7. The molecule has 2 aliphatic rings. The summed E-state index contributed by atoms with van der Waals surface area (Å²) in [6.45, 7) is 5.34. The Kier molecular flexibility index (Phi) is 8.27. The third kappa shape index (κ3) is 5.97. The molecule has 9 nitrogen and oxygen atoms in total. The molecule has 41 heavy (non-hydrogen) atoms. The lowest BCUT2D eigenvalue weighted by Crippen LogP contribution is -2.48. The van der Waals surface area contributed by atoms with Crippen LogP contribution in [-0.4, -0.2) is 75.7 Å². The van der Waals surface area contributed by atoms with Crippen LogP contribution < -0.4 is 5.32 Å². The SMILES string of the molecule is O=C(Nc1nnn[nH]1)C1(OCCCN2CCN(C(c3ccccc3)c3ccccc3)CC2)CC=Cc2ccccc21. The molecule has 1 fully saturated rings. The third-order valence-corrected chi connectivity index (χ3v) is 8.01. The van der Waals surface area contributed by atoms with E-state index in [-0.39, 0.29) is 17.9 Å². The molecule has 6 rings (SSSR count). The molecule has 0 saturated carbocycles. The summed E-state index contributed by atoms with van der Waals surface area (Å²) in [6.07, 6.45) is 5.30. The molecule has 2 heterocycles. The number of aromatic nitrogens is 4. The van der Waals surface area contributed by atoms with Crippen LogP contribution in [0.3, 0.4) is 0 Å². The van der Waals surface area contributed by atoms with Gasteiger partial charge in [-0.15, -0.1) is 0 Å². The van der Waals surface area contributed by atoms with Crippen LogP contribution in [0.4, 0.5) is 5.95 Å². The van der Waals surface area contributed by atoms with Crippen molar-refractivity contribution in [3.05, 3.63) is 113 Å². The number of tetrazole rings is 1. The third-order valence-electron chi connectivity index (χ3n) is 8.01. The lowest BCUT2D eigenvalue weighted by molar-refractivity contribution is -0.143. The minimum Gasteiger partial charge on any atom is -0.360 e. The fourth-order valence-electron chi connectivity index (χ4n) is 5.97. The lowest BCUT2D eigenvalue weighted by Gasteiger charge is -2.40. The fourth-order valence-corrected chi connectivity index (χ4v) is 5.97. The Morgan fingerprint density at radius 3 is 2.29 bits per heavy atom. The first-order valence-corrected chi connectivity index (χ1v) is 14.2. The van der Waals surface area contributed by atoms with Crippen LogP contribution in [0.1, 0.15) is 41.1 Å². The molecule has 1 aliphatic heterocycles. The smallest absolute Gasteiger partial charge is 0.264 e. The second-order valence-electron chi connectivity index (χ2n) is 10.5. The number of piperazine rings is 1. The molecule has 2 N–H and O–H groups in total. The van der Waals surface area contributed by atoms with Gasteiger partial charge in [-0.1, -0.05) is 102 Å². The number of anilines is 1. The molecular formula is C32H35N7O2. The average molecular weight is 550 g/mol. The maximum absolute atomic E-state index is 13.6. The molecule has 1 atom stereocenters. The lowest BCUT2D eigenvalue weighted by atomic mass is 9.82. The molecule has 0 radical (unpaired) electrons. The van der Waals surface area contributed by atoms with Crippen molar-refractivity contribution in [2.45, 2.75) is 24.5 Å². The predicted molar refractivity (Wildman–Crippen MR) is 158 cm³/mol. The molecule has 1 aliphatic carbocycles. The molecule has 0 spiro atoms. The van der Waals surface area contributed by atoms with E-state index in [1.807, 2.05) is 36.4 Å². The highest BCUT2D eigenvalue weighted by atomic mass is 16.5. The topological polar surface area (TPSA) is 99.3 Å². The molecule has 3 aromatic carbocycles. The molecule has 1 aromatic heterocycles. The van der Waals surface area contributed by atoms with Crippen molar-refractivity contribution in [3.8, 4) is 0 Å². The van der Waals surface area contributed by atoms with E-state index in [4.69, 9.17) is 4.74 Å². The monoisotopic (exact) mass is 549 g/mol. The first kappa shape index (κ1) is 27.0. The second kappa shape index (κ2) is 12.6. The van der Waals surface area contributed by atoms with Gasteiger partial charge in [-0.05, 0) is 33.5 Å². The first-order valence-electron chi connectivity index (χ1n) is 14.2. The van der Waals surface area contributed by atoms with Crippen molar-refractivity contribution in [2.75, 3.05) is 44.6 Å². The van der Waals surface area contributed by atoms with Crippen LogP contribution in [0.15, 0.2) is 91.0 Å². The van der Waals surface area contributed by atoms with Crippen molar-refractivity contribution in [1.82, 2.24) is 30.4 Å². The summed E-state index contributed by atoms with van der Waals surface area (Å²) < 4.78 is 6.49. The zero-order chi connectivity index (χ0) is 27.9. The Morgan fingerprint density at radius 2 is 1.61 bits per heavy atom. The van der Waals surface area contributed by atoms with Crippen molar-refractivity contribution < 1.29 is 9.53 Å². The number of nitrogens with zero attached hydrogens (tertiary/aromatic N) is 5. The quantitative estimate of drug-likeness (QED) is 0.285. The number of benzene rings is 3. The van der Waals surface area contributed by atoms with Crippen LogP contribution in [0, 0.1) is 0 Å². The second-order valence-corrected chi connectivity index (χ2v) is 10.5. The Balaban J connectivity index is 1.07. The van der Waals surface area contributed by atoms with Gasteiger partial charge in [0.25, 0.3) is 5.91 Å². The maximum Gasteiger partial charge on any atom is 0.264 e. The van der Waals surface area contributed by atoms with Gasteiger partial charge in [0.05, 0.1) is 6.04 Å². The zero-order valence-electron chi connectivity index (χ0n) is 23.0. The van der Waals surface area contributed by atoms with Crippen molar-refractivity contribution in [3.63, 3.8) is 0 Å². The number of H-pyrrole nitrogens is 1. The van der Waals surface area contributed by atoms with Crippen LogP contribution in [-0.2, 0) is 15.1 Å². The Bertz CT molecular complexity index is 1400. The molecule has 210 valence electrons. The summed E-state index contributed by atoms with van der Waals surface area (Å²) in [6, 6.07) is 29.7. The summed E-state index contributed by atoms with van der Waals surface area (Å²) >= 11 is 0. The van der Waals surface area contributed by atoms with Crippen LogP contribution in [0.5, 0.6) is 0 Å². The Morgan fingerprint density at radius 1 is 0.927 bits per heavy atom. The summed E-state index contributed by atoms with van der Waals surface area (Å²) in [5, 5.41) is 16.4. The number of ether oxygens (including phenoxy) is 1. The van der Waals surface area contributed by atoms with E-state index in [1.165, 1.54) is 11.1 Å². The molecular weight excluding hydrogens is 514 g/mol.